The molecule has 3 heterocycles. The predicted molar refractivity (Wildman–Crippen MR) is 95.0 cm³/mol. The van der Waals surface area contributed by atoms with E-state index in [-0.39, 0.29) is 23.0 Å². The van der Waals surface area contributed by atoms with Crippen LogP contribution in [0.5, 0.6) is 5.75 Å². The number of hydrogen-bond acceptors (Lipinski definition) is 7. The molecule has 7 nitrogen and oxygen atoms in total. The minimum absolute atomic E-state index is 0.0199. The van der Waals surface area contributed by atoms with E-state index in [0.29, 0.717) is 11.4 Å². The van der Waals surface area contributed by atoms with E-state index in [1.807, 2.05) is 13.8 Å². The van der Waals surface area contributed by atoms with Crippen LogP contribution in [0, 0.1) is 11.7 Å². The summed E-state index contributed by atoms with van der Waals surface area (Å²) < 4.78 is 14.3. The zero-order valence-corrected chi connectivity index (χ0v) is 13.9. The highest BCUT2D eigenvalue weighted by molar-refractivity contribution is 5.98. The molecule has 3 rings (SSSR count). The van der Waals surface area contributed by atoms with Crippen LogP contribution in [0.15, 0.2) is 34.4 Å². The second kappa shape index (κ2) is 6.21. The maximum Gasteiger partial charge on any atom is 0.190 e. The van der Waals surface area contributed by atoms with Crippen LogP contribution >= 0.6 is 0 Å². The van der Waals surface area contributed by atoms with Crippen molar-refractivity contribution in [2.75, 3.05) is 5.73 Å². The van der Waals surface area contributed by atoms with Gasteiger partial charge in [0.25, 0.3) is 0 Å². The number of aromatic hydroxyl groups is 1. The van der Waals surface area contributed by atoms with Gasteiger partial charge in [-0.1, -0.05) is 13.8 Å². The average molecular weight is 342 g/mol. The molecule has 0 amide bonds. The highest BCUT2D eigenvalue weighted by Gasteiger charge is 2.38. The summed E-state index contributed by atoms with van der Waals surface area (Å²) in [6, 6.07) is 4.47. The zero-order chi connectivity index (χ0) is 18.2. The summed E-state index contributed by atoms with van der Waals surface area (Å²) in [5.74, 6) is -0.917. The molecule has 5 N–H and O–H groups in total. The normalized spacial score (nSPS) is 22.5. The van der Waals surface area contributed by atoms with Crippen molar-refractivity contribution in [3.05, 3.63) is 35.9 Å². The first-order valence-corrected chi connectivity index (χ1v) is 7.80. The third-order valence-corrected chi connectivity index (χ3v) is 4.31. The second-order valence-corrected chi connectivity index (χ2v) is 6.18. The molecule has 0 aromatic carbocycles. The van der Waals surface area contributed by atoms with Crippen molar-refractivity contribution in [3.8, 4) is 17.0 Å². The molecule has 0 saturated carbocycles. The van der Waals surface area contributed by atoms with Crippen molar-refractivity contribution in [2.24, 2.45) is 21.6 Å². The Labute approximate surface area is 144 Å². The molecule has 2 aromatic rings. The van der Waals surface area contributed by atoms with Gasteiger partial charge in [-0.15, -0.1) is 0 Å². The lowest BCUT2D eigenvalue weighted by Gasteiger charge is -2.32. The van der Waals surface area contributed by atoms with Crippen LogP contribution in [0.2, 0.25) is 0 Å². The summed E-state index contributed by atoms with van der Waals surface area (Å²) in [6.45, 7) is 3.90. The number of halogens is 1. The number of nitrogens with two attached hydrogens (primary N) is 2. The van der Waals surface area contributed by atoms with E-state index < -0.39 is 17.5 Å². The van der Waals surface area contributed by atoms with Crippen molar-refractivity contribution in [1.29, 1.82) is 0 Å². The number of anilines is 1. The van der Waals surface area contributed by atoms with Gasteiger partial charge in [0.15, 0.2) is 17.9 Å². The van der Waals surface area contributed by atoms with Crippen LogP contribution in [-0.2, 0) is 5.41 Å². The molecule has 0 unspecified atom stereocenters. The largest absolute Gasteiger partial charge is 0.506 e. The smallest absolute Gasteiger partial charge is 0.190 e. The van der Waals surface area contributed by atoms with Crippen LogP contribution in [0.25, 0.3) is 11.3 Å². The fourth-order valence-electron chi connectivity index (χ4n) is 2.74. The Hall–Kier alpha value is -2.87. The van der Waals surface area contributed by atoms with E-state index in [4.69, 9.17) is 11.5 Å². The van der Waals surface area contributed by atoms with Crippen LogP contribution in [-0.4, -0.2) is 33.8 Å². The predicted octanol–water partition coefficient (Wildman–Crippen LogP) is 1.86. The minimum Gasteiger partial charge on any atom is -0.506 e. The number of rotatable bonds is 3. The Bertz CT molecular complexity index is 850. The molecule has 0 radical (unpaired) electrons. The number of nitrogen functional groups attached to an aromatic ring is 1. The molecule has 0 spiro atoms. The Morgan fingerprint density at radius 3 is 2.52 bits per heavy atom. The Morgan fingerprint density at radius 2 is 1.88 bits per heavy atom. The molecule has 0 aliphatic carbocycles. The fourth-order valence-corrected chi connectivity index (χ4v) is 2.74. The number of pyridine rings is 2. The SMILES string of the molecule is CC(C)C1(c2nc(-c3ccnc(N)c3F)ccc2O)C=NC(N)N=C1. The molecule has 25 heavy (non-hydrogen) atoms. The lowest BCUT2D eigenvalue weighted by Crippen LogP contribution is -2.41. The number of hydrogen-bond donors (Lipinski definition) is 3. The molecular weight excluding hydrogens is 323 g/mol. The van der Waals surface area contributed by atoms with Gasteiger partial charge in [-0.05, 0) is 24.1 Å². The van der Waals surface area contributed by atoms with Crippen molar-refractivity contribution >= 4 is 18.2 Å². The van der Waals surface area contributed by atoms with Crippen LogP contribution in [0.1, 0.15) is 19.5 Å². The first-order valence-electron chi connectivity index (χ1n) is 7.80. The van der Waals surface area contributed by atoms with Crippen molar-refractivity contribution < 1.29 is 9.50 Å². The van der Waals surface area contributed by atoms with E-state index in [1.165, 1.54) is 24.4 Å². The van der Waals surface area contributed by atoms with Gasteiger partial charge in [0, 0.05) is 24.2 Å². The van der Waals surface area contributed by atoms with Gasteiger partial charge in [0.05, 0.1) is 16.8 Å². The topological polar surface area (TPSA) is 123 Å². The minimum atomic E-state index is -0.842. The van der Waals surface area contributed by atoms with Crippen LogP contribution in [0.4, 0.5) is 10.2 Å². The van der Waals surface area contributed by atoms with Crippen molar-refractivity contribution in [1.82, 2.24) is 9.97 Å². The molecule has 1 aliphatic heterocycles. The maximum atomic E-state index is 14.3. The van der Waals surface area contributed by atoms with Gasteiger partial charge in [0.2, 0.25) is 0 Å². The number of aromatic nitrogens is 2. The Kier molecular flexibility index (Phi) is 4.22. The first-order chi connectivity index (χ1) is 11.8. The van der Waals surface area contributed by atoms with Gasteiger partial charge in [0.1, 0.15) is 5.75 Å². The average Bonchev–Trinajstić information content (AvgIpc) is 2.59. The van der Waals surface area contributed by atoms with E-state index in [2.05, 4.69) is 20.0 Å². The molecule has 2 aromatic heterocycles. The summed E-state index contributed by atoms with van der Waals surface area (Å²) in [6.07, 6.45) is 4.01. The van der Waals surface area contributed by atoms with Crippen LogP contribution < -0.4 is 11.5 Å². The van der Waals surface area contributed by atoms with Crippen LogP contribution in [0.3, 0.4) is 0 Å². The maximum absolute atomic E-state index is 14.3. The molecule has 0 atom stereocenters. The molecule has 130 valence electrons. The van der Waals surface area contributed by atoms with E-state index in [9.17, 15) is 9.50 Å². The van der Waals surface area contributed by atoms with Gasteiger partial charge in [-0.2, -0.15) is 0 Å². The monoisotopic (exact) mass is 342 g/mol. The van der Waals surface area contributed by atoms with Gasteiger partial charge in [-0.25, -0.2) is 14.4 Å². The third-order valence-electron chi connectivity index (χ3n) is 4.31. The first kappa shape index (κ1) is 17.0. The zero-order valence-electron chi connectivity index (χ0n) is 13.9. The highest BCUT2D eigenvalue weighted by Crippen LogP contribution is 2.37. The standard InChI is InChI=1S/C17H19FN6O/c1-9(2)17(7-22-16(20)23-8-17)14-12(25)4-3-11(24-14)10-5-6-21-15(19)13(10)18/h3-9,16,25H,20H2,1-2H3,(H2,19,21). The Morgan fingerprint density at radius 1 is 1.20 bits per heavy atom. The third kappa shape index (κ3) is 2.85. The summed E-state index contributed by atoms with van der Waals surface area (Å²) in [7, 11) is 0. The van der Waals surface area contributed by atoms with Gasteiger partial charge < -0.3 is 10.8 Å². The lowest BCUT2D eigenvalue weighted by molar-refractivity contribution is 0.435. The van der Waals surface area contributed by atoms with Crippen molar-refractivity contribution in [2.45, 2.75) is 25.6 Å². The fraction of sp³-hybridized carbons (Fsp3) is 0.294. The molecule has 0 bridgehead atoms. The summed E-state index contributed by atoms with van der Waals surface area (Å²) in [5.41, 5.74) is 11.2. The number of aliphatic imine (C=N–C) groups is 2. The van der Waals surface area contributed by atoms with Gasteiger partial charge in [-0.3, -0.25) is 15.7 Å². The lowest BCUT2D eigenvalue weighted by atomic mass is 9.75. The van der Waals surface area contributed by atoms with E-state index in [0.717, 1.165) is 0 Å². The van der Waals surface area contributed by atoms with Gasteiger partial charge >= 0.3 is 0 Å². The quantitative estimate of drug-likeness (QED) is 0.785. The molecule has 1 aliphatic rings. The van der Waals surface area contributed by atoms with E-state index >= 15 is 0 Å². The molecule has 0 saturated heterocycles. The molecule has 0 fully saturated rings. The van der Waals surface area contributed by atoms with Crippen molar-refractivity contribution in [3.63, 3.8) is 0 Å². The van der Waals surface area contributed by atoms with E-state index in [1.54, 1.807) is 12.4 Å². The Balaban J connectivity index is 2.19. The summed E-state index contributed by atoms with van der Waals surface area (Å²) in [5, 5.41) is 10.4. The summed E-state index contributed by atoms with van der Waals surface area (Å²) in [4.78, 5) is 16.5. The summed E-state index contributed by atoms with van der Waals surface area (Å²) >= 11 is 0. The molecule has 8 heteroatoms. The highest BCUT2D eigenvalue weighted by atomic mass is 19.1. The molecular formula is C17H19FN6O. The second-order valence-electron chi connectivity index (χ2n) is 6.18. The number of nitrogens with zero attached hydrogens (tertiary/aromatic N) is 4.